The molecule has 1 heterocycles. The minimum atomic E-state index is -0.122. The Balaban J connectivity index is 1.04. The summed E-state index contributed by atoms with van der Waals surface area (Å²) in [6.45, 7) is 0. The first-order valence-electron chi connectivity index (χ1n) is 22.9. The van der Waals surface area contributed by atoms with Crippen molar-refractivity contribution in [1.29, 1.82) is 0 Å². The Morgan fingerprint density at radius 1 is 0.290 bits per heavy atom. The Morgan fingerprint density at radius 3 is 1.32 bits per heavy atom. The second kappa shape index (κ2) is 16.1. The van der Waals surface area contributed by atoms with Crippen molar-refractivity contribution in [3.8, 4) is 61.3 Å². The van der Waals surface area contributed by atoms with Gasteiger partial charge in [0.15, 0.2) is 0 Å². The number of nitrogens with zero attached hydrogens (tertiary/aromatic N) is 2. The van der Waals surface area contributed by atoms with Gasteiger partial charge in [-0.25, -0.2) is 0 Å². The van der Waals surface area contributed by atoms with Crippen molar-refractivity contribution in [3.05, 3.63) is 255 Å². The highest BCUT2D eigenvalue weighted by Gasteiger charge is 2.18. The molecule has 0 amide bonds. The lowest BCUT2D eigenvalue weighted by atomic mass is 9.91. The van der Waals surface area contributed by atoms with Crippen LogP contribution in [0.4, 0.5) is 17.1 Å². The number of hydrogen-bond donors (Lipinski definition) is 0. The summed E-state index contributed by atoms with van der Waals surface area (Å²) in [4.78, 5) is 1.86. The number of fused-ring (bicyclic) bond motifs is 3. The van der Waals surface area contributed by atoms with Gasteiger partial charge in [-0.05, 0) is 111 Å². The predicted octanol–water partition coefficient (Wildman–Crippen LogP) is 16.6. The van der Waals surface area contributed by atoms with Gasteiger partial charge in [-0.15, -0.1) is 0 Å². The lowest BCUT2D eigenvalue weighted by molar-refractivity contribution is 1.18. The molecule has 62 heavy (non-hydrogen) atoms. The molecule has 0 aliphatic heterocycles. The number of rotatable bonds is 9. The Labute approximate surface area is 368 Å². The fourth-order valence-corrected chi connectivity index (χ4v) is 8.71. The van der Waals surface area contributed by atoms with E-state index in [1.54, 1.807) is 0 Å². The summed E-state index contributed by atoms with van der Waals surface area (Å²) < 4.78 is 39.9. The Bertz CT molecular complexity index is 3470. The molecule has 0 bridgehead atoms. The van der Waals surface area contributed by atoms with Gasteiger partial charge < -0.3 is 9.47 Å². The molecule has 0 saturated heterocycles. The topological polar surface area (TPSA) is 8.17 Å². The molecular weight excluding hydrogens is 749 g/mol. The number of benzene rings is 10. The van der Waals surface area contributed by atoms with Crippen molar-refractivity contribution in [2.45, 2.75) is 0 Å². The monoisotopic (exact) mass is 794 g/mol. The van der Waals surface area contributed by atoms with Crippen LogP contribution in [-0.2, 0) is 0 Å². The van der Waals surface area contributed by atoms with Crippen molar-refractivity contribution >= 4 is 38.9 Å². The minimum absolute atomic E-state index is 0.0949. The van der Waals surface area contributed by atoms with Crippen LogP contribution < -0.4 is 4.90 Å². The van der Waals surface area contributed by atoms with Gasteiger partial charge in [-0.2, -0.15) is 0 Å². The average Bonchev–Trinajstić information content (AvgIpc) is 3.72. The summed E-state index contributed by atoms with van der Waals surface area (Å²) in [6.07, 6.45) is 0. The van der Waals surface area contributed by atoms with Crippen LogP contribution >= 0.6 is 0 Å². The maximum absolute atomic E-state index is 9.51. The van der Waals surface area contributed by atoms with E-state index in [1.807, 2.05) is 71.6 Å². The molecule has 2 heteroatoms. The Hall–Kier alpha value is -8.20. The van der Waals surface area contributed by atoms with E-state index < -0.39 is 0 Å². The third-order valence-corrected chi connectivity index (χ3v) is 11.7. The van der Waals surface area contributed by atoms with Crippen LogP contribution in [0.15, 0.2) is 255 Å². The van der Waals surface area contributed by atoms with E-state index in [2.05, 4.69) is 168 Å². The summed E-state index contributed by atoms with van der Waals surface area (Å²) in [6, 6.07) is 78.1. The molecule has 0 fully saturated rings. The number of anilines is 3. The zero-order chi connectivity index (χ0) is 44.7. The summed E-state index contributed by atoms with van der Waals surface area (Å²) in [7, 11) is 0. The van der Waals surface area contributed by atoms with Gasteiger partial charge in [-0.3, -0.25) is 0 Å². The number of aromatic nitrogens is 1. The lowest BCUT2D eigenvalue weighted by Crippen LogP contribution is -2.09. The van der Waals surface area contributed by atoms with Crippen molar-refractivity contribution in [2.75, 3.05) is 4.90 Å². The first kappa shape index (κ1) is 32.6. The Kier molecular flexibility index (Phi) is 8.47. The van der Waals surface area contributed by atoms with Crippen LogP contribution in [0.1, 0.15) is 5.48 Å². The minimum Gasteiger partial charge on any atom is -0.311 e. The second-order valence-corrected chi connectivity index (χ2v) is 15.4. The molecule has 0 aliphatic carbocycles. The van der Waals surface area contributed by atoms with Gasteiger partial charge in [0.2, 0.25) is 0 Å². The van der Waals surface area contributed by atoms with Gasteiger partial charge >= 0.3 is 0 Å². The quantitative estimate of drug-likeness (QED) is 0.141. The molecule has 2 nitrogen and oxygen atoms in total. The fourth-order valence-electron chi connectivity index (χ4n) is 8.71. The largest absolute Gasteiger partial charge is 0.311 e. The van der Waals surface area contributed by atoms with Crippen LogP contribution in [0.25, 0.3) is 83.1 Å². The maximum Gasteiger partial charge on any atom is 0.0645 e. The van der Waals surface area contributed by atoms with E-state index >= 15 is 0 Å². The van der Waals surface area contributed by atoms with E-state index in [9.17, 15) is 5.48 Å². The first-order valence-corrected chi connectivity index (χ1v) is 20.9. The molecule has 11 rings (SSSR count). The SMILES string of the molecule is [2H]c1c([2H])c(N(c2ccc(-c3ccc(-c4ccccc4)c(-c4ccccc4)c3)cc2)c2ccc(-c3ccccc3-n3c4ccccc4c4ccccc43)cc2)c([2H])c([2H])c1-c1ccccc1. The highest BCUT2D eigenvalue weighted by Crippen LogP contribution is 2.41. The van der Waals surface area contributed by atoms with Gasteiger partial charge in [0.1, 0.15) is 0 Å². The zero-order valence-corrected chi connectivity index (χ0v) is 33.8. The standard InChI is InChI=1S/C60H42N2/c1-4-16-43(17-5-1)44-28-35-50(36-29-44)61(51-37-30-45(31-38-51)49-34-41-53(46-18-6-2-7-19-46)57(42-49)47-20-8-3-9-21-47)52-39-32-48(33-40-52)54-22-10-13-25-58(54)62-59-26-14-11-23-55(59)56-24-12-15-27-60(56)62/h1-42H/i28D,29D,35D,36D. The molecule has 10 aromatic carbocycles. The van der Waals surface area contributed by atoms with Crippen molar-refractivity contribution in [2.24, 2.45) is 0 Å². The highest BCUT2D eigenvalue weighted by molar-refractivity contribution is 6.09. The molecule has 0 radical (unpaired) electrons. The van der Waals surface area contributed by atoms with Crippen molar-refractivity contribution < 1.29 is 5.48 Å². The Morgan fingerprint density at radius 2 is 0.726 bits per heavy atom. The smallest absolute Gasteiger partial charge is 0.0645 e. The van der Waals surface area contributed by atoms with Crippen LogP contribution in [0, 0.1) is 0 Å². The van der Waals surface area contributed by atoms with Crippen molar-refractivity contribution in [3.63, 3.8) is 0 Å². The molecule has 0 atom stereocenters. The molecule has 0 saturated carbocycles. The summed E-state index contributed by atoms with van der Waals surface area (Å²) >= 11 is 0. The normalized spacial score (nSPS) is 12.1. The van der Waals surface area contributed by atoms with Crippen LogP contribution in [0.3, 0.4) is 0 Å². The summed E-state index contributed by atoms with van der Waals surface area (Å²) in [5, 5.41) is 2.39. The molecule has 292 valence electrons. The van der Waals surface area contributed by atoms with Crippen LogP contribution in [0.2, 0.25) is 0 Å². The summed E-state index contributed by atoms with van der Waals surface area (Å²) in [5.41, 5.74) is 14.5. The molecule has 0 N–H and O–H groups in total. The first-order chi connectivity index (χ1) is 32.4. The van der Waals surface area contributed by atoms with Crippen LogP contribution in [0.5, 0.6) is 0 Å². The molecule has 11 aromatic rings. The second-order valence-electron chi connectivity index (χ2n) is 15.4. The molecule has 1 aromatic heterocycles. The zero-order valence-electron chi connectivity index (χ0n) is 37.8. The predicted molar refractivity (Wildman–Crippen MR) is 263 cm³/mol. The van der Waals surface area contributed by atoms with Gasteiger partial charge in [0.25, 0.3) is 0 Å². The van der Waals surface area contributed by atoms with Gasteiger partial charge in [0.05, 0.1) is 22.2 Å². The van der Waals surface area contributed by atoms with E-state index in [1.165, 1.54) is 10.8 Å². The van der Waals surface area contributed by atoms with Crippen LogP contribution in [-0.4, -0.2) is 4.57 Å². The van der Waals surface area contributed by atoms with Gasteiger partial charge in [0, 0.05) is 33.4 Å². The van der Waals surface area contributed by atoms with E-state index in [0.29, 0.717) is 16.9 Å². The summed E-state index contributed by atoms with van der Waals surface area (Å²) in [5.74, 6) is 0. The highest BCUT2D eigenvalue weighted by atomic mass is 15.1. The van der Waals surface area contributed by atoms with Gasteiger partial charge in [-0.1, -0.05) is 194 Å². The average molecular weight is 795 g/mol. The lowest BCUT2D eigenvalue weighted by Gasteiger charge is -2.26. The third kappa shape index (κ3) is 6.84. The van der Waals surface area contributed by atoms with E-state index in [4.69, 9.17) is 0 Å². The molecular formula is C60H42N2. The molecule has 0 spiro atoms. The third-order valence-electron chi connectivity index (χ3n) is 11.7. The fraction of sp³-hybridized carbons (Fsp3) is 0. The number of para-hydroxylation sites is 3. The van der Waals surface area contributed by atoms with Crippen molar-refractivity contribution in [1.82, 2.24) is 4.57 Å². The molecule has 0 unspecified atom stereocenters. The number of hydrogen-bond acceptors (Lipinski definition) is 1. The van der Waals surface area contributed by atoms with E-state index in [0.717, 1.165) is 61.2 Å². The molecule has 0 aliphatic rings. The van der Waals surface area contributed by atoms with E-state index in [-0.39, 0.29) is 35.4 Å². The maximum atomic E-state index is 9.51.